The van der Waals surface area contributed by atoms with E-state index in [1.807, 2.05) is 24.3 Å². The summed E-state index contributed by atoms with van der Waals surface area (Å²) in [4.78, 5) is 24.9. The molecule has 0 bridgehead atoms. The highest BCUT2D eigenvalue weighted by Gasteiger charge is 2.19. The number of para-hydroxylation sites is 1. The van der Waals surface area contributed by atoms with E-state index in [4.69, 9.17) is 0 Å². The second kappa shape index (κ2) is 7.75. The molecule has 5 nitrogen and oxygen atoms in total. The third-order valence-corrected chi connectivity index (χ3v) is 4.13. The first-order valence-corrected chi connectivity index (χ1v) is 8.21. The van der Waals surface area contributed by atoms with Gasteiger partial charge in [-0.1, -0.05) is 30.3 Å². The molecule has 1 aliphatic rings. The van der Waals surface area contributed by atoms with Gasteiger partial charge in [0.05, 0.1) is 11.3 Å². The summed E-state index contributed by atoms with van der Waals surface area (Å²) in [5.74, 6) is -0.372. The number of amides is 2. The molecule has 0 aliphatic carbocycles. The van der Waals surface area contributed by atoms with Crippen LogP contribution in [0, 0.1) is 0 Å². The second-order valence-electron chi connectivity index (χ2n) is 5.86. The molecule has 2 aromatic rings. The summed E-state index contributed by atoms with van der Waals surface area (Å²) >= 11 is 0. The number of hydrogen-bond donors (Lipinski definition) is 3. The third-order valence-electron chi connectivity index (χ3n) is 4.13. The Hall–Kier alpha value is -2.66. The van der Waals surface area contributed by atoms with Gasteiger partial charge in [0.1, 0.15) is 0 Å². The third kappa shape index (κ3) is 4.00. The topological polar surface area (TPSA) is 70.2 Å². The van der Waals surface area contributed by atoms with Gasteiger partial charge in [-0.3, -0.25) is 9.59 Å². The molecule has 1 fully saturated rings. The fourth-order valence-corrected chi connectivity index (χ4v) is 2.80. The summed E-state index contributed by atoms with van der Waals surface area (Å²) in [5.41, 5.74) is 1.57. The molecular weight excluding hydrogens is 302 g/mol. The Bertz CT molecular complexity index is 710. The van der Waals surface area contributed by atoms with Crippen LogP contribution in [0.25, 0.3) is 0 Å². The van der Waals surface area contributed by atoms with Gasteiger partial charge in [0, 0.05) is 11.6 Å². The van der Waals surface area contributed by atoms with Crippen molar-refractivity contribution in [1.29, 1.82) is 0 Å². The lowest BCUT2D eigenvalue weighted by atomic mass is 10.1. The lowest BCUT2D eigenvalue weighted by molar-refractivity contribution is 0.0930. The number of carbonyl (C=O) groups excluding carboxylic acids is 2. The molecule has 5 heteroatoms. The van der Waals surface area contributed by atoms with Crippen LogP contribution in [0.1, 0.15) is 33.6 Å². The van der Waals surface area contributed by atoms with Crippen LogP contribution in [0.4, 0.5) is 5.69 Å². The van der Waals surface area contributed by atoms with E-state index >= 15 is 0 Å². The highest BCUT2D eigenvalue weighted by atomic mass is 16.2. The maximum Gasteiger partial charge on any atom is 0.255 e. The monoisotopic (exact) mass is 323 g/mol. The van der Waals surface area contributed by atoms with E-state index in [2.05, 4.69) is 16.0 Å². The van der Waals surface area contributed by atoms with Crippen LogP contribution < -0.4 is 16.0 Å². The Kier molecular flexibility index (Phi) is 5.23. The van der Waals surface area contributed by atoms with Gasteiger partial charge >= 0.3 is 0 Å². The maximum absolute atomic E-state index is 12.6. The Morgan fingerprint density at radius 1 is 0.875 bits per heavy atom. The predicted octanol–water partition coefficient (Wildman–Crippen LogP) is 2.42. The van der Waals surface area contributed by atoms with Crippen LogP contribution in [0.15, 0.2) is 54.6 Å². The van der Waals surface area contributed by atoms with E-state index in [-0.39, 0.29) is 17.9 Å². The summed E-state index contributed by atoms with van der Waals surface area (Å²) in [7, 11) is 0. The maximum atomic E-state index is 12.6. The van der Waals surface area contributed by atoms with Crippen molar-refractivity contribution in [3.05, 3.63) is 65.7 Å². The first-order valence-electron chi connectivity index (χ1n) is 8.21. The normalized spacial score (nSPS) is 14.8. The van der Waals surface area contributed by atoms with Crippen LogP contribution in [-0.4, -0.2) is 30.9 Å². The molecule has 0 unspecified atom stereocenters. The van der Waals surface area contributed by atoms with E-state index < -0.39 is 0 Å². The SMILES string of the molecule is O=C(Nc1ccccc1C(=O)NC1CCNCC1)c1ccccc1. The minimum absolute atomic E-state index is 0.147. The molecule has 1 aliphatic heterocycles. The molecule has 0 aromatic heterocycles. The molecule has 1 heterocycles. The lowest BCUT2D eigenvalue weighted by Crippen LogP contribution is -2.42. The van der Waals surface area contributed by atoms with Gasteiger partial charge in [-0.15, -0.1) is 0 Å². The van der Waals surface area contributed by atoms with Crippen molar-refractivity contribution in [3.8, 4) is 0 Å². The fraction of sp³-hybridized carbons (Fsp3) is 0.263. The van der Waals surface area contributed by atoms with Crippen molar-refractivity contribution in [2.24, 2.45) is 0 Å². The van der Waals surface area contributed by atoms with Gasteiger partial charge in [-0.25, -0.2) is 0 Å². The molecule has 0 atom stereocenters. The number of piperidine rings is 1. The van der Waals surface area contributed by atoms with E-state index in [9.17, 15) is 9.59 Å². The molecule has 0 radical (unpaired) electrons. The summed E-state index contributed by atoms with van der Waals surface area (Å²) in [6.45, 7) is 1.83. The number of rotatable bonds is 4. The van der Waals surface area contributed by atoms with Crippen LogP contribution in [0.3, 0.4) is 0 Å². The van der Waals surface area contributed by atoms with E-state index in [1.54, 1.807) is 30.3 Å². The number of nitrogens with one attached hydrogen (secondary N) is 3. The minimum atomic E-state index is -0.224. The molecule has 0 saturated carbocycles. The predicted molar refractivity (Wildman–Crippen MR) is 94.2 cm³/mol. The number of hydrogen-bond acceptors (Lipinski definition) is 3. The van der Waals surface area contributed by atoms with Crippen molar-refractivity contribution in [2.45, 2.75) is 18.9 Å². The largest absolute Gasteiger partial charge is 0.349 e. The first-order chi connectivity index (χ1) is 11.7. The molecule has 24 heavy (non-hydrogen) atoms. The van der Waals surface area contributed by atoms with Gasteiger partial charge in [0.25, 0.3) is 11.8 Å². The number of benzene rings is 2. The van der Waals surface area contributed by atoms with Crippen molar-refractivity contribution in [1.82, 2.24) is 10.6 Å². The van der Waals surface area contributed by atoms with Gasteiger partial charge in [0.15, 0.2) is 0 Å². The van der Waals surface area contributed by atoms with Gasteiger partial charge < -0.3 is 16.0 Å². The van der Waals surface area contributed by atoms with Crippen LogP contribution in [0.2, 0.25) is 0 Å². The highest BCUT2D eigenvalue weighted by Crippen LogP contribution is 2.17. The fourth-order valence-electron chi connectivity index (χ4n) is 2.80. The Morgan fingerprint density at radius 3 is 2.29 bits per heavy atom. The molecule has 2 aromatic carbocycles. The van der Waals surface area contributed by atoms with E-state index in [1.165, 1.54) is 0 Å². The molecule has 124 valence electrons. The van der Waals surface area contributed by atoms with Crippen molar-refractivity contribution in [3.63, 3.8) is 0 Å². The summed E-state index contributed by atoms with van der Waals surface area (Å²) in [6, 6.07) is 16.2. The van der Waals surface area contributed by atoms with Crippen LogP contribution >= 0.6 is 0 Å². The van der Waals surface area contributed by atoms with Gasteiger partial charge in [0.2, 0.25) is 0 Å². The van der Waals surface area contributed by atoms with Gasteiger partial charge in [-0.05, 0) is 50.2 Å². The summed E-state index contributed by atoms with van der Waals surface area (Å²) in [6.07, 6.45) is 1.84. The van der Waals surface area contributed by atoms with Crippen molar-refractivity contribution in [2.75, 3.05) is 18.4 Å². The van der Waals surface area contributed by atoms with E-state index in [0.29, 0.717) is 16.8 Å². The molecule has 3 rings (SSSR count). The van der Waals surface area contributed by atoms with Crippen molar-refractivity contribution < 1.29 is 9.59 Å². The minimum Gasteiger partial charge on any atom is -0.349 e. The van der Waals surface area contributed by atoms with Crippen LogP contribution in [0.5, 0.6) is 0 Å². The Morgan fingerprint density at radius 2 is 1.54 bits per heavy atom. The summed E-state index contributed by atoms with van der Waals surface area (Å²) < 4.78 is 0. The standard InChI is InChI=1S/C19H21N3O2/c23-18(14-6-2-1-3-7-14)22-17-9-5-4-8-16(17)19(24)21-15-10-12-20-13-11-15/h1-9,15,20H,10-13H2,(H,21,24)(H,22,23). The quantitative estimate of drug-likeness (QED) is 0.809. The van der Waals surface area contributed by atoms with Gasteiger partial charge in [-0.2, -0.15) is 0 Å². The second-order valence-corrected chi connectivity index (χ2v) is 5.86. The Labute approximate surface area is 141 Å². The smallest absolute Gasteiger partial charge is 0.255 e. The number of anilines is 1. The number of carbonyl (C=O) groups is 2. The molecule has 3 N–H and O–H groups in total. The zero-order valence-corrected chi connectivity index (χ0v) is 13.4. The van der Waals surface area contributed by atoms with Crippen molar-refractivity contribution >= 4 is 17.5 Å². The average molecular weight is 323 g/mol. The molecular formula is C19H21N3O2. The molecule has 1 saturated heterocycles. The molecule has 2 amide bonds. The first kappa shape index (κ1) is 16.2. The summed E-state index contributed by atoms with van der Waals surface area (Å²) in [5, 5.41) is 9.17. The van der Waals surface area contributed by atoms with Crippen LogP contribution in [-0.2, 0) is 0 Å². The molecule has 0 spiro atoms. The lowest BCUT2D eigenvalue weighted by Gasteiger charge is -2.24. The highest BCUT2D eigenvalue weighted by molar-refractivity contribution is 6.09. The zero-order chi connectivity index (χ0) is 16.8. The van der Waals surface area contributed by atoms with E-state index in [0.717, 1.165) is 25.9 Å². The zero-order valence-electron chi connectivity index (χ0n) is 13.4. The Balaban J connectivity index is 1.72. The average Bonchev–Trinajstić information content (AvgIpc) is 2.63.